The first-order valence-corrected chi connectivity index (χ1v) is 14.0. The molecule has 0 aromatic heterocycles. The molecule has 0 aliphatic heterocycles. The third-order valence-corrected chi connectivity index (χ3v) is 6.38. The van der Waals surface area contributed by atoms with E-state index in [1.807, 2.05) is 0 Å². The second kappa shape index (κ2) is 23.9. The molecule has 0 aliphatic rings. The fourth-order valence-electron chi connectivity index (χ4n) is 4.23. The van der Waals surface area contributed by atoms with Gasteiger partial charge >= 0.3 is 5.97 Å². The normalized spacial score (nSPS) is 11.2. The number of hydrogen-bond acceptors (Lipinski definition) is 2. The highest BCUT2D eigenvalue weighted by molar-refractivity contribution is 5.87. The van der Waals surface area contributed by atoms with E-state index in [4.69, 9.17) is 4.74 Å². The van der Waals surface area contributed by atoms with Gasteiger partial charge in [-0.1, -0.05) is 136 Å². The first-order chi connectivity index (χ1) is 15.1. The summed E-state index contributed by atoms with van der Waals surface area (Å²) in [6.07, 6.45) is 29.1. The summed E-state index contributed by atoms with van der Waals surface area (Å²) in [4.78, 5) is 12.0. The van der Waals surface area contributed by atoms with Crippen LogP contribution in [-0.2, 0) is 9.53 Å². The summed E-state index contributed by atoms with van der Waals surface area (Å²) in [6.45, 7) is 10.0. The smallest absolute Gasteiger partial charge is 0.333 e. The minimum absolute atomic E-state index is 0.0901. The molecule has 0 amide bonds. The van der Waals surface area contributed by atoms with Crippen molar-refractivity contribution in [1.29, 1.82) is 0 Å². The molecule has 0 fully saturated rings. The molecular formula is C29H56O2. The summed E-state index contributed by atoms with van der Waals surface area (Å²) in [5.41, 5.74) is 0.524. The molecule has 0 rings (SSSR count). The molecule has 0 radical (unpaired) electrons. The summed E-state index contributed by atoms with van der Waals surface area (Å²) in [5, 5.41) is 0. The summed E-state index contributed by atoms with van der Waals surface area (Å²) in [7, 11) is 0. The second-order valence-corrected chi connectivity index (χ2v) is 9.75. The van der Waals surface area contributed by atoms with Crippen molar-refractivity contribution in [3.05, 3.63) is 12.2 Å². The van der Waals surface area contributed by atoms with Crippen molar-refractivity contribution in [1.82, 2.24) is 0 Å². The van der Waals surface area contributed by atoms with Crippen molar-refractivity contribution in [2.75, 3.05) is 0 Å². The lowest BCUT2D eigenvalue weighted by molar-refractivity contribution is -0.145. The molecule has 0 heterocycles. The largest absolute Gasteiger partial charge is 0.459 e. The van der Waals surface area contributed by atoms with Crippen LogP contribution in [0.5, 0.6) is 0 Å². The Kier molecular flexibility index (Phi) is 23.3. The minimum atomic E-state index is -0.204. The van der Waals surface area contributed by atoms with E-state index in [0.29, 0.717) is 5.57 Å². The van der Waals surface area contributed by atoms with Gasteiger partial charge in [-0.25, -0.2) is 4.79 Å². The van der Waals surface area contributed by atoms with E-state index in [9.17, 15) is 4.79 Å². The van der Waals surface area contributed by atoms with Gasteiger partial charge in [0.1, 0.15) is 6.10 Å². The average molecular weight is 437 g/mol. The molecule has 2 heteroatoms. The highest BCUT2D eigenvalue weighted by atomic mass is 16.5. The topological polar surface area (TPSA) is 26.3 Å². The summed E-state index contributed by atoms with van der Waals surface area (Å²) in [5.74, 6) is -0.204. The van der Waals surface area contributed by atoms with Crippen LogP contribution in [0.1, 0.15) is 162 Å². The van der Waals surface area contributed by atoms with E-state index in [1.165, 1.54) is 128 Å². The van der Waals surface area contributed by atoms with Crippen molar-refractivity contribution in [2.24, 2.45) is 0 Å². The Morgan fingerprint density at radius 2 is 0.871 bits per heavy atom. The summed E-state index contributed by atoms with van der Waals surface area (Å²) < 4.78 is 5.74. The third-order valence-electron chi connectivity index (χ3n) is 6.38. The van der Waals surface area contributed by atoms with Crippen LogP contribution in [0, 0.1) is 0 Å². The minimum Gasteiger partial charge on any atom is -0.459 e. The Balaban J connectivity index is 3.81. The van der Waals surface area contributed by atoms with Crippen LogP contribution in [0.15, 0.2) is 12.2 Å². The number of hydrogen-bond donors (Lipinski definition) is 0. The van der Waals surface area contributed by atoms with E-state index in [1.54, 1.807) is 6.92 Å². The SMILES string of the molecule is C=C(C)C(=O)OC(CCCCCCCCCCCC)CCCCCCCCCCCC. The fourth-order valence-corrected chi connectivity index (χ4v) is 4.23. The lowest BCUT2D eigenvalue weighted by atomic mass is 10.0. The first-order valence-electron chi connectivity index (χ1n) is 14.0. The van der Waals surface area contributed by atoms with Crippen LogP contribution in [0.3, 0.4) is 0 Å². The molecular weight excluding hydrogens is 380 g/mol. The van der Waals surface area contributed by atoms with Crippen LogP contribution < -0.4 is 0 Å². The summed E-state index contributed by atoms with van der Waals surface area (Å²) in [6, 6.07) is 0. The van der Waals surface area contributed by atoms with Gasteiger partial charge in [-0.3, -0.25) is 0 Å². The zero-order valence-electron chi connectivity index (χ0n) is 21.7. The molecule has 0 bridgehead atoms. The number of ether oxygens (including phenoxy) is 1. The summed E-state index contributed by atoms with van der Waals surface area (Å²) >= 11 is 0. The van der Waals surface area contributed by atoms with Gasteiger partial charge in [0.25, 0.3) is 0 Å². The number of unbranched alkanes of at least 4 members (excludes halogenated alkanes) is 18. The number of carbonyl (C=O) groups is 1. The quantitative estimate of drug-likeness (QED) is 0.0854. The fraction of sp³-hybridized carbons (Fsp3) is 0.897. The van der Waals surface area contributed by atoms with Gasteiger partial charge in [0, 0.05) is 5.57 Å². The van der Waals surface area contributed by atoms with E-state index < -0.39 is 0 Å². The number of rotatable bonds is 24. The molecule has 2 nitrogen and oxygen atoms in total. The van der Waals surface area contributed by atoms with Crippen molar-refractivity contribution >= 4 is 5.97 Å². The van der Waals surface area contributed by atoms with Crippen molar-refractivity contribution < 1.29 is 9.53 Å². The maximum atomic E-state index is 12.0. The van der Waals surface area contributed by atoms with Crippen LogP contribution in [-0.4, -0.2) is 12.1 Å². The molecule has 0 saturated heterocycles. The number of carbonyl (C=O) groups excluding carboxylic acids is 1. The molecule has 0 aliphatic carbocycles. The van der Waals surface area contributed by atoms with Gasteiger partial charge in [-0.2, -0.15) is 0 Å². The molecule has 0 aromatic rings. The van der Waals surface area contributed by atoms with Crippen molar-refractivity contribution in [2.45, 2.75) is 168 Å². The lowest BCUT2D eigenvalue weighted by Crippen LogP contribution is -2.18. The van der Waals surface area contributed by atoms with E-state index in [2.05, 4.69) is 20.4 Å². The van der Waals surface area contributed by atoms with E-state index in [-0.39, 0.29) is 12.1 Å². The molecule has 31 heavy (non-hydrogen) atoms. The Hall–Kier alpha value is -0.790. The molecule has 0 N–H and O–H groups in total. The molecule has 0 saturated carbocycles. The van der Waals surface area contributed by atoms with Gasteiger partial charge in [-0.15, -0.1) is 0 Å². The molecule has 0 aromatic carbocycles. The molecule has 184 valence electrons. The van der Waals surface area contributed by atoms with Gasteiger partial charge in [0.15, 0.2) is 0 Å². The zero-order chi connectivity index (χ0) is 23.0. The average Bonchev–Trinajstić information content (AvgIpc) is 2.75. The van der Waals surface area contributed by atoms with Gasteiger partial charge < -0.3 is 4.74 Å². The second-order valence-electron chi connectivity index (χ2n) is 9.75. The predicted octanol–water partition coefficient (Wildman–Crippen LogP) is 10.1. The van der Waals surface area contributed by atoms with Crippen LogP contribution >= 0.6 is 0 Å². The van der Waals surface area contributed by atoms with Gasteiger partial charge in [0.2, 0.25) is 0 Å². The Labute approximate surface area is 196 Å². The third kappa shape index (κ3) is 22.2. The highest BCUT2D eigenvalue weighted by Crippen LogP contribution is 2.18. The molecule has 0 atom stereocenters. The zero-order valence-corrected chi connectivity index (χ0v) is 21.7. The maximum Gasteiger partial charge on any atom is 0.333 e. The van der Waals surface area contributed by atoms with E-state index >= 15 is 0 Å². The molecule has 0 unspecified atom stereocenters. The predicted molar refractivity (Wildman–Crippen MR) is 138 cm³/mol. The van der Waals surface area contributed by atoms with Gasteiger partial charge in [-0.05, 0) is 32.6 Å². The Morgan fingerprint density at radius 3 is 1.16 bits per heavy atom. The molecule has 0 spiro atoms. The van der Waals surface area contributed by atoms with Crippen molar-refractivity contribution in [3.8, 4) is 0 Å². The Morgan fingerprint density at radius 1 is 0.581 bits per heavy atom. The highest BCUT2D eigenvalue weighted by Gasteiger charge is 2.14. The van der Waals surface area contributed by atoms with Crippen molar-refractivity contribution in [3.63, 3.8) is 0 Å². The van der Waals surface area contributed by atoms with Crippen LogP contribution in [0.4, 0.5) is 0 Å². The maximum absolute atomic E-state index is 12.0. The monoisotopic (exact) mass is 436 g/mol. The van der Waals surface area contributed by atoms with Gasteiger partial charge in [0.05, 0.1) is 0 Å². The van der Waals surface area contributed by atoms with Crippen LogP contribution in [0.25, 0.3) is 0 Å². The number of esters is 1. The Bertz CT molecular complexity index is 378. The lowest BCUT2D eigenvalue weighted by Gasteiger charge is -2.18. The van der Waals surface area contributed by atoms with Crippen LogP contribution in [0.2, 0.25) is 0 Å². The standard InChI is InChI=1S/C29H56O2/c1-5-7-9-11-13-15-17-19-21-23-25-28(31-29(30)27(3)4)26-24-22-20-18-16-14-12-10-8-6-2/h28H,3,5-26H2,1-2,4H3. The first kappa shape index (κ1) is 30.2. The van der Waals surface area contributed by atoms with E-state index in [0.717, 1.165) is 12.8 Å².